The number of carbonyl (C=O) groups is 2. The van der Waals surface area contributed by atoms with Crippen molar-refractivity contribution in [3.63, 3.8) is 0 Å². The van der Waals surface area contributed by atoms with Gasteiger partial charge in [-0.3, -0.25) is 9.59 Å². The van der Waals surface area contributed by atoms with Gasteiger partial charge in [-0.15, -0.1) is 0 Å². The van der Waals surface area contributed by atoms with Crippen LogP contribution >= 0.6 is 0 Å². The number of amides is 2. The Kier molecular flexibility index (Phi) is 4.32. The van der Waals surface area contributed by atoms with Crippen molar-refractivity contribution in [2.45, 2.75) is 18.4 Å². The van der Waals surface area contributed by atoms with Gasteiger partial charge in [-0.25, -0.2) is 4.39 Å². The van der Waals surface area contributed by atoms with Crippen LogP contribution in [0.15, 0.2) is 53.1 Å². The molecule has 29 heavy (non-hydrogen) atoms. The predicted octanol–water partition coefficient (Wildman–Crippen LogP) is 3.22. The second kappa shape index (κ2) is 7.00. The molecule has 148 valence electrons. The van der Waals surface area contributed by atoms with Crippen LogP contribution in [-0.2, 0) is 9.53 Å². The number of nitrogens with one attached hydrogen (secondary N) is 1. The lowest BCUT2D eigenvalue weighted by Crippen LogP contribution is -2.46. The number of fused-ring (bicyclic) bond motifs is 2. The summed E-state index contributed by atoms with van der Waals surface area (Å²) in [6.45, 7) is 1.06. The molecule has 3 heterocycles. The number of carbonyl (C=O) groups excluding carboxylic acids is 2. The zero-order chi connectivity index (χ0) is 20.0. The molecule has 6 nitrogen and oxygen atoms in total. The fraction of sp³-hybridized carbons (Fsp3) is 0.273. The molecule has 1 aromatic heterocycles. The first kappa shape index (κ1) is 17.9. The number of hydrogen-bond donors (Lipinski definition) is 1. The molecular weight excluding hydrogens is 375 g/mol. The smallest absolute Gasteiger partial charge is 0.262 e. The first-order valence-corrected chi connectivity index (χ1v) is 9.55. The highest BCUT2D eigenvalue weighted by Gasteiger charge is 2.35. The van der Waals surface area contributed by atoms with Gasteiger partial charge in [-0.2, -0.15) is 0 Å². The molecule has 2 amide bonds. The predicted molar refractivity (Wildman–Crippen MR) is 104 cm³/mol. The third-order valence-corrected chi connectivity index (χ3v) is 5.57. The summed E-state index contributed by atoms with van der Waals surface area (Å²) in [4.78, 5) is 26.7. The van der Waals surface area contributed by atoms with E-state index >= 15 is 0 Å². The summed E-state index contributed by atoms with van der Waals surface area (Å²) < 4.78 is 24.2. The first-order valence-electron chi connectivity index (χ1n) is 9.55. The molecule has 5 rings (SSSR count). The number of halogens is 1. The Morgan fingerprint density at radius 2 is 2.10 bits per heavy atom. The number of rotatable bonds is 3. The minimum Gasteiger partial charge on any atom is -0.463 e. The van der Waals surface area contributed by atoms with E-state index in [4.69, 9.17) is 9.15 Å². The van der Waals surface area contributed by atoms with E-state index in [1.807, 2.05) is 24.3 Å². The quantitative estimate of drug-likeness (QED) is 0.741. The Bertz CT molecular complexity index is 1110. The fourth-order valence-corrected chi connectivity index (χ4v) is 4.28. The molecule has 0 saturated carbocycles. The molecule has 0 bridgehead atoms. The van der Waals surface area contributed by atoms with E-state index in [9.17, 15) is 14.0 Å². The van der Waals surface area contributed by atoms with Crippen LogP contribution in [-0.4, -0.2) is 37.6 Å². The summed E-state index contributed by atoms with van der Waals surface area (Å²) in [6, 6.07) is 11.9. The average Bonchev–Trinajstić information content (AvgIpc) is 3.29. The summed E-state index contributed by atoms with van der Waals surface area (Å²) in [7, 11) is 0. The molecule has 2 aliphatic heterocycles. The highest BCUT2D eigenvalue weighted by atomic mass is 19.1. The standard InChI is InChI=1S/C22H19FN2O4/c23-14-5-6-17-18(11-29-20(17)8-14)22(27)25-9-13(16-3-1-2-4-19(16)25)7-15-10-28-12-21(26)24-15/h1-6,8,11,13,15H,7,9-10,12H2,(H,24,26). The molecule has 2 aromatic carbocycles. The topological polar surface area (TPSA) is 71.8 Å². The number of nitrogens with zero attached hydrogens (tertiary/aromatic N) is 1. The van der Waals surface area contributed by atoms with Crippen molar-refractivity contribution in [3.05, 3.63) is 65.7 Å². The summed E-state index contributed by atoms with van der Waals surface area (Å²) >= 11 is 0. The van der Waals surface area contributed by atoms with Crippen molar-refractivity contribution in [1.82, 2.24) is 5.32 Å². The van der Waals surface area contributed by atoms with Crippen molar-refractivity contribution in [2.24, 2.45) is 0 Å². The summed E-state index contributed by atoms with van der Waals surface area (Å²) in [5, 5.41) is 3.55. The van der Waals surface area contributed by atoms with Crippen LogP contribution < -0.4 is 10.2 Å². The third kappa shape index (κ3) is 3.17. The monoisotopic (exact) mass is 394 g/mol. The molecule has 7 heteroatoms. The fourth-order valence-electron chi connectivity index (χ4n) is 4.28. The number of para-hydroxylation sites is 1. The number of benzene rings is 2. The van der Waals surface area contributed by atoms with Crippen LogP contribution in [0.5, 0.6) is 0 Å². The molecule has 1 N–H and O–H groups in total. The van der Waals surface area contributed by atoms with Crippen LogP contribution in [0.1, 0.15) is 28.3 Å². The lowest BCUT2D eigenvalue weighted by atomic mass is 9.94. The maximum absolute atomic E-state index is 13.5. The number of furan rings is 1. The Morgan fingerprint density at radius 3 is 2.97 bits per heavy atom. The molecule has 0 radical (unpaired) electrons. The van der Waals surface area contributed by atoms with Crippen LogP contribution in [0, 0.1) is 5.82 Å². The van der Waals surface area contributed by atoms with Crippen molar-refractivity contribution < 1.29 is 23.1 Å². The van der Waals surface area contributed by atoms with E-state index in [1.54, 1.807) is 11.0 Å². The summed E-state index contributed by atoms with van der Waals surface area (Å²) in [5.41, 5.74) is 2.67. The molecule has 2 unspecified atom stereocenters. The number of ether oxygens (including phenoxy) is 1. The summed E-state index contributed by atoms with van der Waals surface area (Å²) in [6.07, 6.45) is 2.07. The van der Waals surface area contributed by atoms with Gasteiger partial charge in [0.2, 0.25) is 5.91 Å². The average molecular weight is 394 g/mol. The van der Waals surface area contributed by atoms with Crippen molar-refractivity contribution in [2.75, 3.05) is 24.7 Å². The maximum Gasteiger partial charge on any atom is 0.262 e. The van der Waals surface area contributed by atoms with Crippen LogP contribution in [0.4, 0.5) is 10.1 Å². The van der Waals surface area contributed by atoms with Gasteiger partial charge in [-0.1, -0.05) is 18.2 Å². The molecule has 2 atom stereocenters. The van der Waals surface area contributed by atoms with E-state index in [-0.39, 0.29) is 30.4 Å². The van der Waals surface area contributed by atoms with Crippen molar-refractivity contribution >= 4 is 28.5 Å². The second-order valence-electron chi connectivity index (χ2n) is 7.48. The van der Waals surface area contributed by atoms with Gasteiger partial charge in [0, 0.05) is 29.6 Å². The van der Waals surface area contributed by atoms with Gasteiger partial charge in [0.15, 0.2) is 0 Å². The Hall–Kier alpha value is -3.19. The van der Waals surface area contributed by atoms with Crippen molar-refractivity contribution in [1.29, 1.82) is 0 Å². The Morgan fingerprint density at radius 1 is 1.24 bits per heavy atom. The van der Waals surface area contributed by atoms with Crippen molar-refractivity contribution in [3.8, 4) is 0 Å². The first-order chi connectivity index (χ1) is 14.1. The SMILES string of the molecule is O=C1COCC(CC2CN(C(=O)c3coc4cc(F)ccc34)c3ccccc32)N1. The van der Waals surface area contributed by atoms with Gasteiger partial charge in [0.05, 0.1) is 18.2 Å². The summed E-state index contributed by atoms with van der Waals surface area (Å²) in [5.74, 6) is -0.626. The molecule has 1 fully saturated rings. The van der Waals surface area contributed by atoms with E-state index in [1.165, 1.54) is 18.4 Å². The molecule has 3 aromatic rings. The Balaban J connectivity index is 1.44. The lowest BCUT2D eigenvalue weighted by molar-refractivity contribution is -0.131. The van der Waals surface area contributed by atoms with E-state index in [2.05, 4.69) is 5.32 Å². The number of hydrogen-bond acceptors (Lipinski definition) is 4. The van der Waals surface area contributed by atoms with Crippen LogP contribution in [0.3, 0.4) is 0 Å². The van der Waals surface area contributed by atoms with Gasteiger partial charge >= 0.3 is 0 Å². The minimum absolute atomic E-state index is 0.0813. The second-order valence-corrected chi connectivity index (χ2v) is 7.48. The zero-order valence-corrected chi connectivity index (χ0v) is 15.6. The van der Waals surface area contributed by atoms with Crippen LogP contribution in [0.25, 0.3) is 11.0 Å². The third-order valence-electron chi connectivity index (χ3n) is 5.57. The maximum atomic E-state index is 13.5. The lowest BCUT2D eigenvalue weighted by Gasteiger charge is -2.26. The largest absolute Gasteiger partial charge is 0.463 e. The number of anilines is 1. The van der Waals surface area contributed by atoms with Gasteiger partial charge in [-0.05, 0) is 30.2 Å². The Labute approximate surface area is 166 Å². The molecular formula is C22H19FN2O4. The van der Waals surface area contributed by atoms with Gasteiger partial charge < -0.3 is 19.4 Å². The molecule has 0 aliphatic carbocycles. The zero-order valence-electron chi connectivity index (χ0n) is 15.6. The van der Waals surface area contributed by atoms with E-state index < -0.39 is 5.82 Å². The van der Waals surface area contributed by atoms with Gasteiger partial charge in [0.1, 0.15) is 24.3 Å². The van der Waals surface area contributed by atoms with E-state index in [0.29, 0.717) is 36.1 Å². The van der Waals surface area contributed by atoms with Crippen LogP contribution in [0.2, 0.25) is 0 Å². The molecule has 2 aliphatic rings. The highest BCUT2D eigenvalue weighted by Crippen LogP contribution is 2.40. The normalized spacial score (nSPS) is 21.3. The van der Waals surface area contributed by atoms with E-state index in [0.717, 1.165) is 11.3 Å². The molecule has 1 saturated heterocycles. The minimum atomic E-state index is -0.408. The van der Waals surface area contributed by atoms with Gasteiger partial charge in [0.25, 0.3) is 5.91 Å². The molecule has 0 spiro atoms. The number of morpholine rings is 1. The highest BCUT2D eigenvalue weighted by molar-refractivity contribution is 6.14.